The van der Waals surface area contributed by atoms with Crippen LogP contribution >= 0.6 is 0 Å². The van der Waals surface area contributed by atoms with Gasteiger partial charge in [-0.3, -0.25) is 4.84 Å². The zero-order valence-corrected chi connectivity index (χ0v) is 13.4. The van der Waals surface area contributed by atoms with E-state index in [9.17, 15) is 0 Å². The number of hydrogen-bond donors (Lipinski definition) is 2. The second-order valence-corrected chi connectivity index (χ2v) is 5.26. The van der Waals surface area contributed by atoms with Crippen LogP contribution in [-0.4, -0.2) is 38.1 Å². The smallest absolute Gasteiger partial charge is 0.0916 e. The molecule has 4 nitrogen and oxygen atoms in total. The molecule has 2 N–H and O–H groups in total. The fourth-order valence-electron chi connectivity index (χ4n) is 2.10. The normalized spacial score (nSPS) is 11.1. The summed E-state index contributed by atoms with van der Waals surface area (Å²) in [6.45, 7) is 4.72. The van der Waals surface area contributed by atoms with Crippen LogP contribution in [0.3, 0.4) is 0 Å². The molecule has 0 fully saturated rings. The number of rotatable bonds is 17. The third-order valence-corrected chi connectivity index (χ3v) is 3.30. The van der Waals surface area contributed by atoms with Crippen LogP contribution < -0.4 is 5.48 Å². The van der Waals surface area contributed by atoms with Gasteiger partial charge in [-0.1, -0.05) is 64.7 Å². The van der Waals surface area contributed by atoms with Crippen LogP contribution in [0, 0.1) is 0 Å². The van der Waals surface area contributed by atoms with E-state index in [2.05, 4.69) is 12.4 Å². The predicted molar refractivity (Wildman–Crippen MR) is 83.7 cm³/mol. The molecule has 0 aliphatic carbocycles. The molecule has 0 rings (SSSR count). The number of hydroxylamine groups is 1. The summed E-state index contributed by atoms with van der Waals surface area (Å²) in [5.41, 5.74) is 2.95. The van der Waals surface area contributed by atoms with Gasteiger partial charge in [0, 0.05) is 6.54 Å². The van der Waals surface area contributed by atoms with E-state index in [4.69, 9.17) is 14.7 Å². The molecule has 0 bridgehead atoms. The van der Waals surface area contributed by atoms with E-state index in [1.807, 2.05) is 0 Å². The first-order chi connectivity index (χ1) is 9.91. The average Bonchev–Trinajstić information content (AvgIpc) is 2.47. The minimum Gasteiger partial charge on any atom is -0.394 e. The molecule has 4 heteroatoms. The van der Waals surface area contributed by atoms with Gasteiger partial charge in [0.15, 0.2) is 0 Å². The van der Waals surface area contributed by atoms with Crippen LogP contribution in [0.4, 0.5) is 0 Å². The maximum Gasteiger partial charge on any atom is 0.0916 e. The third-order valence-electron chi connectivity index (χ3n) is 3.30. The molecular formula is C16H35NO3. The van der Waals surface area contributed by atoms with Crippen molar-refractivity contribution in [2.75, 3.05) is 33.0 Å². The molecule has 0 radical (unpaired) electrons. The minimum absolute atomic E-state index is 0.0754. The van der Waals surface area contributed by atoms with Crippen LogP contribution in [0.25, 0.3) is 0 Å². The Labute approximate surface area is 125 Å². The highest BCUT2D eigenvalue weighted by atomic mass is 16.7. The summed E-state index contributed by atoms with van der Waals surface area (Å²) in [4.78, 5) is 5.21. The largest absolute Gasteiger partial charge is 0.394 e. The lowest BCUT2D eigenvalue weighted by Crippen LogP contribution is -2.19. The summed E-state index contributed by atoms with van der Waals surface area (Å²) in [5.74, 6) is 0. The van der Waals surface area contributed by atoms with Crippen molar-refractivity contribution in [1.82, 2.24) is 5.48 Å². The Bertz CT molecular complexity index is 150. The van der Waals surface area contributed by atoms with Crippen LogP contribution in [0.2, 0.25) is 0 Å². The molecular weight excluding hydrogens is 254 g/mol. The van der Waals surface area contributed by atoms with Crippen molar-refractivity contribution in [3.63, 3.8) is 0 Å². The first kappa shape index (κ1) is 19.8. The Hall–Kier alpha value is -0.160. The zero-order valence-electron chi connectivity index (χ0n) is 13.4. The van der Waals surface area contributed by atoms with Gasteiger partial charge in [0.2, 0.25) is 0 Å². The molecule has 0 aliphatic heterocycles. The summed E-state index contributed by atoms with van der Waals surface area (Å²) >= 11 is 0. The molecule has 0 aromatic rings. The van der Waals surface area contributed by atoms with E-state index < -0.39 is 0 Å². The van der Waals surface area contributed by atoms with E-state index in [0.29, 0.717) is 19.8 Å². The molecule has 0 aromatic heterocycles. The number of ether oxygens (including phenoxy) is 1. The molecule has 0 saturated carbocycles. The van der Waals surface area contributed by atoms with Crippen molar-refractivity contribution in [2.45, 2.75) is 71.1 Å². The average molecular weight is 289 g/mol. The van der Waals surface area contributed by atoms with E-state index in [1.165, 1.54) is 64.2 Å². The lowest BCUT2D eigenvalue weighted by Gasteiger charge is -2.06. The number of hydrogen-bond acceptors (Lipinski definition) is 4. The highest BCUT2D eigenvalue weighted by molar-refractivity contribution is 4.48. The summed E-state index contributed by atoms with van der Waals surface area (Å²) < 4.78 is 5.07. The highest BCUT2D eigenvalue weighted by Gasteiger charge is 1.93. The molecule has 0 unspecified atom stereocenters. The van der Waals surface area contributed by atoms with Crippen LogP contribution in [0.15, 0.2) is 0 Å². The van der Waals surface area contributed by atoms with Gasteiger partial charge < -0.3 is 9.84 Å². The van der Waals surface area contributed by atoms with Crippen molar-refractivity contribution < 1.29 is 14.7 Å². The van der Waals surface area contributed by atoms with Crippen LogP contribution in [0.5, 0.6) is 0 Å². The van der Waals surface area contributed by atoms with E-state index in [1.54, 1.807) is 0 Å². The van der Waals surface area contributed by atoms with E-state index >= 15 is 0 Å². The number of aliphatic hydroxyl groups excluding tert-OH is 1. The standard InChI is InChI=1S/C16H35NO3/c1-2-3-4-5-6-7-8-9-10-11-12-17-20-16-15-19-14-13-18/h17-18H,2-16H2,1H3. The Morgan fingerprint density at radius 2 is 1.35 bits per heavy atom. The third kappa shape index (κ3) is 17.8. The minimum atomic E-state index is 0.0754. The van der Waals surface area contributed by atoms with Crippen molar-refractivity contribution in [2.24, 2.45) is 0 Å². The van der Waals surface area contributed by atoms with Gasteiger partial charge in [-0.05, 0) is 6.42 Å². The fraction of sp³-hybridized carbons (Fsp3) is 1.00. The first-order valence-corrected chi connectivity index (χ1v) is 8.45. The number of nitrogens with one attached hydrogen (secondary N) is 1. The van der Waals surface area contributed by atoms with Crippen molar-refractivity contribution in [1.29, 1.82) is 0 Å². The lowest BCUT2D eigenvalue weighted by molar-refractivity contribution is -0.0112. The fourth-order valence-corrected chi connectivity index (χ4v) is 2.10. The second kappa shape index (κ2) is 18.8. The van der Waals surface area contributed by atoms with Crippen molar-refractivity contribution >= 4 is 0 Å². The van der Waals surface area contributed by atoms with Gasteiger partial charge >= 0.3 is 0 Å². The van der Waals surface area contributed by atoms with Crippen molar-refractivity contribution in [3.05, 3.63) is 0 Å². The Balaban J connectivity index is 2.89. The van der Waals surface area contributed by atoms with Gasteiger partial charge in [-0.25, -0.2) is 5.48 Å². The monoisotopic (exact) mass is 289 g/mol. The van der Waals surface area contributed by atoms with E-state index in [0.717, 1.165) is 6.54 Å². The summed E-state index contributed by atoms with van der Waals surface area (Å²) in [7, 11) is 0. The predicted octanol–water partition coefficient (Wildman–Crippen LogP) is 3.44. The topological polar surface area (TPSA) is 50.7 Å². The molecule has 20 heavy (non-hydrogen) atoms. The second-order valence-electron chi connectivity index (χ2n) is 5.26. The molecule has 0 aromatic carbocycles. The quantitative estimate of drug-likeness (QED) is 0.318. The zero-order chi connectivity index (χ0) is 14.7. The molecule has 0 saturated heterocycles. The number of aliphatic hydroxyl groups is 1. The molecule has 0 aliphatic rings. The van der Waals surface area contributed by atoms with Crippen LogP contribution in [-0.2, 0) is 9.57 Å². The molecule has 0 spiro atoms. The van der Waals surface area contributed by atoms with Gasteiger partial charge in [0.05, 0.1) is 26.4 Å². The summed E-state index contributed by atoms with van der Waals surface area (Å²) in [5, 5.41) is 8.50. The Morgan fingerprint density at radius 3 is 1.95 bits per heavy atom. The Morgan fingerprint density at radius 1 is 0.750 bits per heavy atom. The van der Waals surface area contributed by atoms with Gasteiger partial charge in [-0.2, -0.15) is 0 Å². The summed E-state index contributed by atoms with van der Waals surface area (Å²) in [6, 6.07) is 0. The van der Waals surface area contributed by atoms with Crippen molar-refractivity contribution in [3.8, 4) is 0 Å². The molecule has 0 heterocycles. The maximum atomic E-state index is 8.50. The highest BCUT2D eigenvalue weighted by Crippen LogP contribution is 2.10. The van der Waals surface area contributed by atoms with Gasteiger partial charge in [0.1, 0.15) is 0 Å². The Kier molecular flexibility index (Phi) is 18.7. The first-order valence-electron chi connectivity index (χ1n) is 8.45. The SMILES string of the molecule is CCCCCCCCCCCCNOCCOCCO. The van der Waals surface area contributed by atoms with Gasteiger partial charge in [-0.15, -0.1) is 0 Å². The van der Waals surface area contributed by atoms with Gasteiger partial charge in [0.25, 0.3) is 0 Å². The van der Waals surface area contributed by atoms with Crippen LogP contribution in [0.1, 0.15) is 71.1 Å². The maximum absolute atomic E-state index is 8.50. The number of unbranched alkanes of at least 4 members (excludes halogenated alkanes) is 9. The summed E-state index contributed by atoms with van der Waals surface area (Å²) in [6.07, 6.45) is 13.6. The van der Waals surface area contributed by atoms with E-state index in [-0.39, 0.29) is 6.61 Å². The molecule has 0 amide bonds. The lowest BCUT2D eigenvalue weighted by atomic mass is 10.1. The molecule has 0 atom stereocenters. The molecule has 122 valence electrons.